The minimum atomic E-state index is -0.0213. The average molecular weight is 342 g/mol. The van der Waals surface area contributed by atoms with Crippen molar-refractivity contribution >= 4 is 11.8 Å². The third-order valence-electron chi connectivity index (χ3n) is 5.77. The molecule has 3 aliphatic heterocycles. The third kappa shape index (κ3) is 2.59. The number of hydrogen-bond donors (Lipinski definition) is 0. The van der Waals surface area contributed by atoms with Gasteiger partial charge in [0.2, 0.25) is 11.8 Å². The Morgan fingerprint density at radius 3 is 2.64 bits per heavy atom. The average Bonchev–Trinajstić information content (AvgIpc) is 3.38. The van der Waals surface area contributed by atoms with Crippen molar-refractivity contribution in [1.29, 1.82) is 0 Å². The highest BCUT2D eigenvalue weighted by molar-refractivity contribution is 6.09. The topological polar surface area (TPSA) is 59.1 Å². The van der Waals surface area contributed by atoms with E-state index in [9.17, 15) is 9.59 Å². The highest BCUT2D eigenvalue weighted by Gasteiger charge is 2.60. The number of fused-ring (bicyclic) bond motifs is 2. The molecule has 1 aromatic rings. The number of nitrogens with zero attached hydrogens (tertiary/aromatic N) is 2. The summed E-state index contributed by atoms with van der Waals surface area (Å²) in [5, 5.41) is 0. The normalized spacial score (nSPS) is 34.2. The quantitative estimate of drug-likeness (QED) is 0.775. The largest absolute Gasteiger partial charge is 0.486 e. The fraction of sp³-hybridized carbons (Fsp3) is 0.579. The molecule has 3 heterocycles. The molecule has 0 aromatic heterocycles. The number of benzene rings is 1. The van der Waals surface area contributed by atoms with Gasteiger partial charge in [0, 0.05) is 13.1 Å². The Balaban J connectivity index is 1.22. The molecule has 0 bridgehead atoms. The maximum absolute atomic E-state index is 12.3. The Hall–Kier alpha value is -2.08. The third-order valence-corrected chi connectivity index (χ3v) is 5.77. The summed E-state index contributed by atoms with van der Waals surface area (Å²) in [7, 11) is 0. The van der Waals surface area contributed by atoms with E-state index in [4.69, 9.17) is 9.47 Å². The molecule has 6 heteroatoms. The highest BCUT2D eigenvalue weighted by atomic mass is 16.6. The molecule has 1 saturated carbocycles. The summed E-state index contributed by atoms with van der Waals surface area (Å²) < 4.78 is 11.8. The van der Waals surface area contributed by atoms with Gasteiger partial charge in [0.15, 0.2) is 11.5 Å². The number of carbonyl (C=O) groups excluding carboxylic acids is 2. The summed E-state index contributed by atoms with van der Waals surface area (Å²) in [5.74, 6) is 1.70. The van der Waals surface area contributed by atoms with Crippen LogP contribution in [-0.4, -0.2) is 60.0 Å². The molecule has 1 aliphatic carbocycles. The summed E-state index contributed by atoms with van der Waals surface area (Å²) in [5.41, 5.74) is 0. The van der Waals surface area contributed by atoms with E-state index in [0.29, 0.717) is 6.61 Å². The van der Waals surface area contributed by atoms with E-state index in [1.54, 1.807) is 4.90 Å². The smallest absolute Gasteiger partial charge is 0.233 e. The summed E-state index contributed by atoms with van der Waals surface area (Å²) in [6.45, 7) is 3.01. The zero-order valence-electron chi connectivity index (χ0n) is 14.1. The van der Waals surface area contributed by atoms with Crippen LogP contribution in [0.4, 0.5) is 0 Å². The second kappa shape index (κ2) is 5.73. The van der Waals surface area contributed by atoms with E-state index >= 15 is 0 Å². The summed E-state index contributed by atoms with van der Waals surface area (Å²) >= 11 is 0. The van der Waals surface area contributed by atoms with E-state index < -0.39 is 0 Å². The van der Waals surface area contributed by atoms with Gasteiger partial charge in [-0.25, -0.2) is 0 Å². The lowest BCUT2D eigenvalue weighted by Gasteiger charge is -2.39. The van der Waals surface area contributed by atoms with E-state index in [1.807, 2.05) is 24.3 Å². The van der Waals surface area contributed by atoms with Crippen molar-refractivity contribution in [2.24, 2.45) is 11.8 Å². The van der Waals surface area contributed by atoms with Crippen LogP contribution in [-0.2, 0) is 9.59 Å². The van der Waals surface area contributed by atoms with Crippen LogP contribution in [0.25, 0.3) is 0 Å². The lowest BCUT2D eigenvalue weighted by atomic mass is 10.0. The van der Waals surface area contributed by atoms with Gasteiger partial charge in [-0.15, -0.1) is 0 Å². The van der Waals surface area contributed by atoms with Crippen LogP contribution < -0.4 is 9.47 Å². The molecule has 2 saturated heterocycles. The fourth-order valence-corrected chi connectivity index (χ4v) is 4.42. The lowest BCUT2D eigenvalue weighted by molar-refractivity contribution is -0.145. The highest BCUT2D eigenvalue weighted by Crippen LogP contribution is 2.48. The maximum atomic E-state index is 12.3. The predicted octanol–water partition coefficient (Wildman–Crippen LogP) is 1.30. The first-order chi connectivity index (χ1) is 12.2. The monoisotopic (exact) mass is 342 g/mol. The first kappa shape index (κ1) is 15.2. The van der Waals surface area contributed by atoms with Gasteiger partial charge in [-0.1, -0.05) is 12.1 Å². The number of imide groups is 1. The molecule has 1 aromatic carbocycles. The van der Waals surface area contributed by atoms with Gasteiger partial charge >= 0.3 is 0 Å². The first-order valence-electron chi connectivity index (χ1n) is 9.18. The number of hydrogen-bond acceptors (Lipinski definition) is 5. The molecule has 0 spiro atoms. The van der Waals surface area contributed by atoms with Crippen LogP contribution in [0, 0.1) is 11.8 Å². The van der Waals surface area contributed by atoms with Crippen LogP contribution in [0.15, 0.2) is 24.3 Å². The molecule has 2 unspecified atom stereocenters. The van der Waals surface area contributed by atoms with Gasteiger partial charge in [-0.3, -0.25) is 19.4 Å². The van der Waals surface area contributed by atoms with E-state index in [1.165, 1.54) is 0 Å². The summed E-state index contributed by atoms with van der Waals surface area (Å²) in [6, 6.07) is 7.75. The molecule has 6 nitrogen and oxygen atoms in total. The van der Waals surface area contributed by atoms with Gasteiger partial charge in [0.25, 0.3) is 0 Å². The number of piperidine rings is 2. The number of rotatable bonds is 3. The van der Waals surface area contributed by atoms with Crippen LogP contribution in [0.2, 0.25) is 0 Å². The van der Waals surface area contributed by atoms with Crippen LogP contribution in [0.3, 0.4) is 0 Å². The van der Waals surface area contributed by atoms with Crippen molar-refractivity contribution < 1.29 is 19.1 Å². The molecule has 3 fully saturated rings. The van der Waals surface area contributed by atoms with Gasteiger partial charge < -0.3 is 9.47 Å². The zero-order valence-corrected chi connectivity index (χ0v) is 14.1. The van der Waals surface area contributed by atoms with Crippen molar-refractivity contribution in [2.45, 2.75) is 31.4 Å². The first-order valence-corrected chi connectivity index (χ1v) is 9.18. The second-order valence-electron chi connectivity index (χ2n) is 7.55. The van der Waals surface area contributed by atoms with Crippen molar-refractivity contribution in [2.75, 3.05) is 26.2 Å². The number of likely N-dealkylation sites (tertiary alicyclic amines) is 2. The minimum Gasteiger partial charge on any atom is -0.486 e. The number of amides is 2. The van der Waals surface area contributed by atoms with E-state index in [2.05, 4.69) is 4.90 Å². The van der Waals surface area contributed by atoms with Gasteiger partial charge in [-0.05, 0) is 37.9 Å². The number of carbonyl (C=O) groups is 2. The van der Waals surface area contributed by atoms with Crippen LogP contribution in [0.5, 0.6) is 11.5 Å². The number of ether oxygens (including phenoxy) is 2. The molecule has 5 rings (SSSR count). The molecule has 2 amide bonds. The fourth-order valence-electron chi connectivity index (χ4n) is 4.42. The lowest BCUT2D eigenvalue weighted by Crippen LogP contribution is -2.53. The molecule has 4 atom stereocenters. The second-order valence-corrected chi connectivity index (χ2v) is 7.55. The Kier molecular flexibility index (Phi) is 3.48. The Labute approximate surface area is 146 Å². The molecule has 25 heavy (non-hydrogen) atoms. The maximum Gasteiger partial charge on any atom is 0.233 e. The van der Waals surface area contributed by atoms with Gasteiger partial charge in [-0.2, -0.15) is 0 Å². The van der Waals surface area contributed by atoms with Gasteiger partial charge in [0.1, 0.15) is 12.7 Å². The summed E-state index contributed by atoms with van der Waals surface area (Å²) in [6.07, 6.45) is 2.67. The molecular formula is C19H22N2O4. The zero-order chi connectivity index (χ0) is 17.0. The van der Waals surface area contributed by atoms with Gasteiger partial charge in [0.05, 0.1) is 17.9 Å². The minimum absolute atomic E-state index is 0.00513. The molecule has 0 N–H and O–H groups in total. The standard InChI is InChI=1S/C19H22N2O4/c22-18-14-8-15(14)19(23)21(18)12-4-3-7-20(9-12)10-13-11-24-16-5-1-2-6-17(16)25-13/h1-2,5-6,12-15H,3-4,7-11H2/t12-,13-,14?,15?/m0/s1. The molecular weight excluding hydrogens is 320 g/mol. The van der Waals surface area contributed by atoms with E-state index in [0.717, 1.165) is 50.4 Å². The van der Waals surface area contributed by atoms with Crippen LogP contribution >= 0.6 is 0 Å². The molecule has 0 radical (unpaired) electrons. The molecule has 132 valence electrons. The SMILES string of the molecule is O=C1C2CC2C(=O)N1[C@H]1CCCN(C[C@H]2COc3ccccc3O2)C1. The van der Waals surface area contributed by atoms with Crippen LogP contribution in [0.1, 0.15) is 19.3 Å². The van der Waals surface area contributed by atoms with E-state index in [-0.39, 0.29) is 35.8 Å². The Bertz CT molecular complexity index is 701. The predicted molar refractivity (Wildman–Crippen MR) is 89.3 cm³/mol. The van der Waals surface area contributed by atoms with Crippen molar-refractivity contribution in [3.63, 3.8) is 0 Å². The van der Waals surface area contributed by atoms with Crippen molar-refractivity contribution in [3.05, 3.63) is 24.3 Å². The Morgan fingerprint density at radius 1 is 1.08 bits per heavy atom. The number of para-hydroxylation sites is 2. The molecule has 4 aliphatic rings. The van der Waals surface area contributed by atoms with Crippen molar-refractivity contribution in [1.82, 2.24) is 9.80 Å². The Morgan fingerprint density at radius 2 is 1.84 bits per heavy atom. The summed E-state index contributed by atoms with van der Waals surface area (Å²) in [4.78, 5) is 28.5. The van der Waals surface area contributed by atoms with Crippen molar-refractivity contribution in [3.8, 4) is 11.5 Å².